The Kier molecular flexibility index (Phi) is 15.7. The fourth-order valence-electron chi connectivity index (χ4n) is 3.75. The maximum Gasteiger partial charge on any atom is 0.407 e. The molecule has 2 aromatic carbocycles. The monoisotopic (exact) mass is 632 g/mol. The van der Waals surface area contributed by atoms with Crippen molar-refractivity contribution >= 4 is 39.3 Å². The van der Waals surface area contributed by atoms with E-state index in [1.807, 2.05) is 47.4 Å². The average molecular weight is 633 g/mol. The first-order valence-corrected chi connectivity index (χ1v) is 16.9. The van der Waals surface area contributed by atoms with E-state index in [-0.39, 0.29) is 12.1 Å². The number of benzene rings is 2. The predicted octanol–water partition coefficient (Wildman–Crippen LogP) is 6.26. The molecule has 1 heterocycles. The van der Waals surface area contributed by atoms with Crippen LogP contribution in [-0.2, 0) is 39.1 Å². The summed E-state index contributed by atoms with van der Waals surface area (Å²) in [5.41, 5.74) is 2.55. The number of methoxy groups -OCH3 is 1. The molecule has 0 saturated heterocycles. The van der Waals surface area contributed by atoms with E-state index in [0.29, 0.717) is 12.1 Å². The van der Waals surface area contributed by atoms with E-state index < -0.39 is 34.4 Å². The van der Waals surface area contributed by atoms with Gasteiger partial charge in [-0.05, 0) is 36.1 Å². The van der Waals surface area contributed by atoms with Crippen LogP contribution in [0, 0.1) is 0 Å². The normalized spacial score (nSPS) is 13.4. The summed E-state index contributed by atoms with van der Waals surface area (Å²) in [6.07, 6.45) is 7.91. The van der Waals surface area contributed by atoms with Crippen LogP contribution < -0.4 is 15.4 Å². The van der Waals surface area contributed by atoms with Gasteiger partial charge in [0.1, 0.15) is 6.04 Å². The number of amides is 2. The SMILES string of the molecule is C1CCC1.CCC.CCc1nc([C@H](Cc2ccc(NS(=O)(=O)O)cc2)NC(=O)[C@H](Cc2ccccc2)NC(=O)OC)cs1. The van der Waals surface area contributed by atoms with Crippen molar-refractivity contribution < 1.29 is 27.3 Å². The first kappa shape index (κ1) is 35.7. The number of anilines is 1. The molecule has 0 radical (unpaired) electrons. The van der Waals surface area contributed by atoms with Crippen LogP contribution in [0.2, 0.25) is 0 Å². The second kappa shape index (κ2) is 18.9. The molecule has 4 rings (SSSR count). The van der Waals surface area contributed by atoms with Crippen molar-refractivity contribution in [2.75, 3.05) is 11.8 Å². The second-order valence-electron chi connectivity index (χ2n) is 10.1. The van der Waals surface area contributed by atoms with Gasteiger partial charge in [0.2, 0.25) is 5.91 Å². The molecule has 2 atom stereocenters. The molecule has 0 bridgehead atoms. The fraction of sp³-hybridized carbons (Fsp3) is 0.452. The smallest absolute Gasteiger partial charge is 0.407 e. The molecule has 12 heteroatoms. The van der Waals surface area contributed by atoms with E-state index in [1.54, 1.807) is 12.1 Å². The summed E-state index contributed by atoms with van der Waals surface area (Å²) >= 11 is 1.49. The Hall–Kier alpha value is -3.48. The summed E-state index contributed by atoms with van der Waals surface area (Å²) in [5.74, 6) is -0.398. The van der Waals surface area contributed by atoms with E-state index in [9.17, 15) is 18.0 Å². The van der Waals surface area contributed by atoms with Gasteiger partial charge in [0.05, 0.1) is 29.5 Å². The lowest BCUT2D eigenvalue weighted by Crippen LogP contribution is -2.49. The third-order valence-corrected chi connectivity index (χ3v) is 7.77. The number of hydrogen-bond acceptors (Lipinski definition) is 7. The van der Waals surface area contributed by atoms with E-state index in [4.69, 9.17) is 9.29 Å². The molecular weight excluding hydrogens is 588 g/mol. The van der Waals surface area contributed by atoms with Crippen LogP contribution in [0.15, 0.2) is 60.0 Å². The zero-order chi connectivity index (χ0) is 31.7. The quantitative estimate of drug-likeness (QED) is 0.182. The van der Waals surface area contributed by atoms with Crippen molar-refractivity contribution in [3.8, 4) is 0 Å². The minimum absolute atomic E-state index is 0.203. The minimum atomic E-state index is -4.38. The van der Waals surface area contributed by atoms with Gasteiger partial charge in [-0.2, -0.15) is 8.42 Å². The average Bonchev–Trinajstić information content (AvgIpc) is 3.42. The highest BCUT2D eigenvalue weighted by Gasteiger charge is 2.26. The second-order valence-corrected chi connectivity index (χ2v) is 12.2. The Morgan fingerprint density at radius 3 is 2.00 bits per heavy atom. The maximum atomic E-state index is 13.3. The van der Waals surface area contributed by atoms with Gasteiger partial charge in [-0.1, -0.05) is 95.3 Å². The highest BCUT2D eigenvalue weighted by molar-refractivity contribution is 7.87. The van der Waals surface area contributed by atoms with Crippen LogP contribution in [0.25, 0.3) is 0 Å². The Labute approximate surface area is 259 Å². The third kappa shape index (κ3) is 14.0. The van der Waals surface area contributed by atoms with Crippen molar-refractivity contribution in [1.29, 1.82) is 0 Å². The van der Waals surface area contributed by atoms with E-state index in [2.05, 4.69) is 29.5 Å². The summed E-state index contributed by atoms with van der Waals surface area (Å²) < 4.78 is 37.8. The zero-order valence-electron chi connectivity index (χ0n) is 25.3. The Balaban J connectivity index is 0.000000819. The first-order valence-electron chi connectivity index (χ1n) is 14.6. The van der Waals surface area contributed by atoms with Crippen molar-refractivity contribution in [2.24, 2.45) is 0 Å². The van der Waals surface area contributed by atoms with E-state index in [1.165, 1.54) is 62.7 Å². The molecule has 0 aliphatic heterocycles. The summed E-state index contributed by atoms with van der Waals surface area (Å²) in [4.78, 5) is 29.9. The molecule has 1 aromatic heterocycles. The van der Waals surface area contributed by atoms with Gasteiger partial charge in [-0.25, -0.2) is 9.78 Å². The van der Waals surface area contributed by atoms with Gasteiger partial charge in [0.15, 0.2) is 0 Å². The maximum absolute atomic E-state index is 13.3. The standard InChI is InChI=1S/C24H28N4O6S2.C4H8.C3H8/c1-3-22-25-21(15-35-22)19(13-17-9-11-18(12-10-17)28-36(31,32)33)26-23(29)20(27-24(30)34-2)14-16-7-5-4-6-8-16;1-2-4-3-1;1-3-2/h4-12,15,19-20,28H,3,13-14H2,1-2H3,(H,26,29)(H,27,30)(H,31,32,33);1-4H2;3H2,1-2H3/t19-,20-;;/m0../s1. The molecular formula is C31H44N4O6S2. The van der Waals surface area contributed by atoms with Crippen LogP contribution in [-0.4, -0.2) is 43.1 Å². The number of carbonyl (C=O) groups is 2. The number of alkyl carbamates (subject to hydrolysis) is 1. The molecule has 1 aliphatic rings. The number of ether oxygens (including phenoxy) is 1. The van der Waals surface area contributed by atoms with Gasteiger partial charge in [0.25, 0.3) is 0 Å². The molecule has 4 N–H and O–H groups in total. The fourth-order valence-corrected chi connectivity index (χ4v) is 4.99. The molecule has 236 valence electrons. The molecule has 3 aromatic rings. The molecule has 43 heavy (non-hydrogen) atoms. The highest BCUT2D eigenvalue weighted by atomic mass is 32.2. The summed E-state index contributed by atoms with van der Waals surface area (Å²) in [7, 11) is -3.15. The summed E-state index contributed by atoms with van der Waals surface area (Å²) in [5, 5.41) is 8.42. The molecule has 1 saturated carbocycles. The molecule has 0 unspecified atom stereocenters. The molecule has 0 spiro atoms. The van der Waals surface area contributed by atoms with Gasteiger partial charge in [-0.15, -0.1) is 11.3 Å². The molecule has 2 amide bonds. The predicted molar refractivity (Wildman–Crippen MR) is 172 cm³/mol. The number of carbonyl (C=O) groups excluding carboxylic acids is 2. The van der Waals surface area contributed by atoms with Crippen molar-refractivity contribution in [1.82, 2.24) is 15.6 Å². The zero-order valence-corrected chi connectivity index (χ0v) is 27.0. The first-order chi connectivity index (χ1) is 20.6. The number of aromatic nitrogens is 1. The highest BCUT2D eigenvalue weighted by Crippen LogP contribution is 2.23. The third-order valence-electron chi connectivity index (χ3n) is 6.26. The minimum Gasteiger partial charge on any atom is -0.453 e. The van der Waals surface area contributed by atoms with Crippen LogP contribution in [0.3, 0.4) is 0 Å². The van der Waals surface area contributed by atoms with Gasteiger partial charge >= 0.3 is 16.4 Å². The number of nitrogens with zero attached hydrogens (tertiary/aromatic N) is 1. The lowest BCUT2D eigenvalue weighted by Gasteiger charge is -2.23. The lowest BCUT2D eigenvalue weighted by molar-refractivity contribution is -0.123. The largest absolute Gasteiger partial charge is 0.453 e. The topological polar surface area (TPSA) is 147 Å². The summed E-state index contributed by atoms with van der Waals surface area (Å²) in [6.45, 7) is 6.24. The number of thiazole rings is 1. The lowest BCUT2D eigenvalue weighted by atomic mass is 10.0. The summed E-state index contributed by atoms with van der Waals surface area (Å²) in [6, 6.07) is 14.3. The van der Waals surface area contributed by atoms with Crippen LogP contribution >= 0.6 is 11.3 Å². The number of nitrogens with one attached hydrogen (secondary N) is 3. The van der Waals surface area contributed by atoms with E-state index >= 15 is 0 Å². The molecule has 1 aliphatic carbocycles. The van der Waals surface area contributed by atoms with Crippen molar-refractivity contribution in [3.05, 3.63) is 81.8 Å². The Morgan fingerprint density at radius 2 is 1.51 bits per heavy atom. The van der Waals surface area contributed by atoms with Crippen LogP contribution in [0.1, 0.15) is 80.7 Å². The number of aryl methyl sites for hydroxylation is 1. The van der Waals surface area contributed by atoms with Gasteiger partial charge in [-0.3, -0.25) is 14.1 Å². The van der Waals surface area contributed by atoms with Crippen LogP contribution in [0.4, 0.5) is 10.5 Å². The molecule has 10 nitrogen and oxygen atoms in total. The van der Waals surface area contributed by atoms with E-state index in [0.717, 1.165) is 22.6 Å². The number of hydrogen-bond donors (Lipinski definition) is 4. The molecule has 1 fully saturated rings. The Bertz CT molecular complexity index is 1340. The number of rotatable bonds is 11. The van der Waals surface area contributed by atoms with Gasteiger partial charge < -0.3 is 15.4 Å². The van der Waals surface area contributed by atoms with Crippen molar-refractivity contribution in [3.63, 3.8) is 0 Å². The van der Waals surface area contributed by atoms with Crippen molar-refractivity contribution in [2.45, 2.75) is 84.2 Å². The van der Waals surface area contributed by atoms with Gasteiger partial charge in [0, 0.05) is 11.8 Å². The Morgan fingerprint density at radius 1 is 0.930 bits per heavy atom. The van der Waals surface area contributed by atoms with Crippen LogP contribution in [0.5, 0.6) is 0 Å².